The molecule has 21 heavy (non-hydrogen) atoms. The second kappa shape index (κ2) is 7.04. The Morgan fingerprint density at radius 1 is 1.57 bits per heavy atom. The zero-order valence-corrected chi connectivity index (χ0v) is 13.4. The first-order chi connectivity index (χ1) is 10.0. The molecular weight excluding hydrogens is 288 g/mol. The van der Waals surface area contributed by atoms with Crippen molar-refractivity contribution >= 4 is 29.0 Å². The number of ether oxygens (including phenoxy) is 2. The van der Waals surface area contributed by atoms with Gasteiger partial charge in [-0.05, 0) is 38.5 Å². The first kappa shape index (κ1) is 16.0. The summed E-state index contributed by atoms with van der Waals surface area (Å²) in [6.07, 6.45) is 1.19. The summed E-state index contributed by atoms with van der Waals surface area (Å²) in [4.78, 5) is 12.3. The quantitative estimate of drug-likeness (QED) is 0.818. The van der Waals surface area contributed by atoms with Crippen LogP contribution in [0.3, 0.4) is 0 Å². The highest BCUT2D eigenvalue weighted by Crippen LogP contribution is 2.31. The Balaban J connectivity index is 1.98. The van der Waals surface area contributed by atoms with Crippen molar-refractivity contribution in [3.63, 3.8) is 0 Å². The number of nitrogens with one attached hydrogen (secondary N) is 1. The van der Waals surface area contributed by atoms with Gasteiger partial charge >= 0.3 is 0 Å². The van der Waals surface area contributed by atoms with Gasteiger partial charge in [0.05, 0.1) is 24.2 Å². The molecule has 2 rings (SSSR count). The average molecular weight is 310 g/mol. The smallest absolute Gasteiger partial charge is 0.237 e. The molecule has 0 saturated carbocycles. The summed E-state index contributed by atoms with van der Waals surface area (Å²) >= 11 is 1.65. The van der Waals surface area contributed by atoms with Crippen LogP contribution < -0.4 is 15.8 Å². The number of carbonyl (C=O) groups is 1. The summed E-state index contributed by atoms with van der Waals surface area (Å²) in [6, 6.07) is 5.19. The van der Waals surface area contributed by atoms with Crippen molar-refractivity contribution in [2.75, 3.05) is 24.8 Å². The highest BCUT2D eigenvalue weighted by molar-refractivity contribution is 8.01. The van der Waals surface area contributed by atoms with Crippen molar-refractivity contribution in [2.45, 2.75) is 36.9 Å². The van der Waals surface area contributed by atoms with Crippen molar-refractivity contribution in [1.29, 1.82) is 0 Å². The van der Waals surface area contributed by atoms with E-state index in [0.717, 1.165) is 13.0 Å². The number of methoxy groups -OCH3 is 1. The molecule has 1 aliphatic rings. The highest BCUT2D eigenvalue weighted by atomic mass is 32.2. The zero-order valence-electron chi connectivity index (χ0n) is 12.6. The maximum Gasteiger partial charge on any atom is 0.237 e. The summed E-state index contributed by atoms with van der Waals surface area (Å²) in [5, 5.41) is 3.09. The Bertz CT molecular complexity index is 510. The van der Waals surface area contributed by atoms with Crippen LogP contribution in [0.2, 0.25) is 0 Å². The average Bonchev–Trinajstić information content (AvgIpc) is 2.84. The molecule has 1 amide bonds. The monoisotopic (exact) mass is 310 g/mol. The molecule has 0 bridgehead atoms. The number of hydrogen-bond donors (Lipinski definition) is 2. The lowest BCUT2D eigenvalue weighted by molar-refractivity contribution is -0.115. The number of amides is 1. The van der Waals surface area contributed by atoms with E-state index in [0.29, 0.717) is 22.4 Å². The molecule has 0 radical (unpaired) electrons. The third-order valence-electron chi connectivity index (χ3n) is 3.54. The summed E-state index contributed by atoms with van der Waals surface area (Å²) in [5.74, 6) is 0.551. The molecule has 1 aliphatic heterocycles. The fraction of sp³-hybridized carbons (Fsp3) is 0.533. The number of thioether (sulfide) groups is 1. The number of carbonyl (C=O) groups excluding carboxylic acids is 1. The van der Waals surface area contributed by atoms with Crippen molar-refractivity contribution < 1.29 is 14.3 Å². The number of nitrogen functional groups attached to an aromatic ring is 1. The predicted molar refractivity (Wildman–Crippen MR) is 86.9 cm³/mol. The van der Waals surface area contributed by atoms with E-state index in [2.05, 4.69) is 12.2 Å². The van der Waals surface area contributed by atoms with E-state index >= 15 is 0 Å². The minimum Gasteiger partial charge on any atom is -0.495 e. The maximum absolute atomic E-state index is 12.3. The second-order valence-corrected chi connectivity index (χ2v) is 6.72. The molecule has 3 atom stereocenters. The molecule has 1 aromatic rings. The molecular formula is C15H22N2O3S. The van der Waals surface area contributed by atoms with Gasteiger partial charge in [0.2, 0.25) is 5.91 Å². The lowest BCUT2D eigenvalue weighted by Gasteiger charge is -2.19. The Hall–Kier alpha value is -1.40. The van der Waals surface area contributed by atoms with Gasteiger partial charge in [-0.2, -0.15) is 0 Å². The number of hydrogen-bond acceptors (Lipinski definition) is 5. The number of benzene rings is 1. The van der Waals surface area contributed by atoms with E-state index in [-0.39, 0.29) is 17.3 Å². The summed E-state index contributed by atoms with van der Waals surface area (Å²) in [6.45, 7) is 4.73. The normalized spacial score (nSPS) is 22.8. The summed E-state index contributed by atoms with van der Waals surface area (Å²) in [5.41, 5.74) is 6.95. The zero-order chi connectivity index (χ0) is 15.4. The third-order valence-corrected chi connectivity index (χ3v) is 5.13. The Kier molecular flexibility index (Phi) is 5.36. The van der Waals surface area contributed by atoms with Crippen molar-refractivity contribution in [2.24, 2.45) is 0 Å². The van der Waals surface area contributed by atoms with Crippen LogP contribution in [0.4, 0.5) is 11.4 Å². The number of rotatable bonds is 5. The minimum absolute atomic E-state index is 0.0528. The fourth-order valence-electron chi connectivity index (χ4n) is 2.27. The van der Waals surface area contributed by atoms with Crippen LogP contribution in [0.15, 0.2) is 18.2 Å². The van der Waals surface area contributed by atoms with Crippen molar-refractivity contribution in [3.05, 3.63) is 18.2 Å². The van der Waals surface area contributed by atoms with E-state index in [1.807, 2.05) is 6.92 Å². The van der Waals surface area contributed by atoms with Crippen molar-refractivity contribution in [1.82, 2.24) is 0 Å². The van der Waals surface area contributed by atoms with E-state index < -0.39 is 0 Å². The summed E-state index contributed by atoms with van der Waals surface area (Å²) < 4.78 is 10.8. The minimum atomic E-state index is -0.162. The van der Waals surface area contributed by atoms with E-state index in [1.165, 1.54) is 0 Å². The van der Waals surface area contributed by atoms with Crippen LogP contribution >= 0.6 is 11.8 Å². The molecule has 116 valence electrons. The standard InChI is InChI=1S/C15H22N2O3S/c1-9-14(6-7-20-9)21-10(2)15(18)17-12-8-11(16)4-5-13(12)19-3/h4-5,8-10,14H,6-7,16H2,1-3H3,(H,17,18). The predicted octanol–water partition coefficient (Wildman–Crippen LogP) is 2.52. The first-order valence-corrected chi connectivity index (χ1v) is 7.97. The fourth-order valence-corrected chi connectivity index (χ4v) is 3.51. The number of anilines is 2. The molecule has 1 aromatic carbocycles. The van der Waals surface area contributed by atoms with Gasteiger partial charge in [-0.1, -0.05) is 0 Å². The molecule has 1 saturated heterocycles. The van der Waals surface area contributed by atoms with E-state index in [9.17, 15) is 4.79 Å². The van der Waals surface area contributed by atoms with E-state index in [1.54, 1.807) is 37.1 Å². The molecule has 3 N–H and O–H groups in total. The van der Waals surface area contributed by atoms with Crippen LogP contribution in [-0.4, -0.2) is 36.2 Å². The van der Waals surface area contributed by atoms with Crippen LogP contribution in [0.1, 0.15) is 20.3 Å². The van der Waals surface area contributed by atoms with Crippen LogP contribution in [0.5, 0.6) is 5.75 Å². The molecule has 6 heteroatoms. The molecule has 5 nitrogen and oxygen atoms in total. The van der Waals surface area contributed by atoms with Gasteiger partial charge in [-0.15, -0.1) is 11.8 Å². The lowest BCUT2D eigenvalue weighted by atomic mass is 10.2. The van der Waals surface area contributed by atoms with Crippen LogP contribution in [0, 0.1) is 0 Å². The largest absolute Gasteiger partial charge is 0.495 e. The summed E-state index contributed by atoms with van der Waals surface area (Å²) in [7, 11) is 1.57. The molecule has 0 aromatic heterocycles. The van der Waals surface area contributed by atoms with Gasteiger partial charge in [0.1, 0.15) is 5.75 Å². The van der Waals surface area contributed by atoms with Crippen LogP contribution in [-0.2, 0) is 9.53 Å². The Morgan fingerprint density at radius 2 is 2.33 bits per heavy atom. The van der Waals surface area contributed by atoms with Crippen LogP contribution in [0.25, 0.3) is 0 Å². The lowest BCUT2D eigenvalue weighted by Crippen LogP contribution is -2.27. The Morgan fingerprint density at radius 3 is 2.95 bits per heavy atom. The molecule has 0 spiro atoms. The third kappa shape index (κ3) is 4.04. The van der Waals surface area contributed by atoms with E-state index in [4.69, 9.17) is 15.2 Å². The van der Waals surface area contributed by atoms with Gasteiger partial charge in [0.25, 0.3) is 0 Å². The second-order valence-electron chi connectivity index (χ2n) is 5.13. The van der Waals surface area contributed by atoms with Gasteiger partial charge in [0.15, 0.2) is 0 Å². The topological polar surface area (TPSA) is 73.6 Å². The van der Waals surface area contributed by atoms with Crippen molar-refractivity contribution in [3.8, 4) is 5.75 Å². The number of nitrogens with two attached hydrogens (primary N) is 1. The molecule has 1 heterocycles. The molecule has 1 fully saturated rings. The first-order valence-electron chi connectivity index (χ1n) is 7.02. The maximum atomic E-state index is 12.3. The van der Waals surface area contributed by atoms with Gasteiger partial charge in [-0.25, -0.2) is 0 Å². The highest BCUT2D eigenvalue weighted by Gasteiger charge is 2.28. The Labute approximate surface area is 129 Å². The van der Waals surface area contributed by atoms with Gasteiger partial charge in [-0.3, -0.25) is 4.79 Å². The molecule has 0 aliphatic carbocycles. The van der Waals surface area contributed by atoms with Gasteiger partial charge < -0.3 is 20.5 Å². The van der Waals surface area contributed by atoms with Gasteiger partial charge in [0, 0.05) is 17.5 Å². The molecule has 3 unspecified atom stereocenters. The SMILES string of the molecule is COc1ccc(N)cc1NC(=O)C(C)SC1CCOC1C.